The van der Waals surface area contributed by atoms with Crippen LogP contribution in [-0.2, 0) is 0 Å². The van der Waals surface area contributed by atoms with Crippen LogP contribution >= 0.6 is 0 Å². The molecular weight excluding hydrogens is 270 g/mol. The Kier molecular flexibility index (Phi) is 3.43. The summed E-state index contributed by atoms with van der Waals surface area (Å²) in [6.07, 6.45) is 0.740. The third-order valence-corrected chi connectivity index (χ3v) is 3.48. The second-order valence-corrected chi connectivity index (χ2v) is 4.95. The summed E-state index contributed by atoms with van der Waals surface area (Å²) in [4.78, 5) is 15.0. The van der Waals surface area contributed by atoms with Gasteiger partial charge in [0.05, 0.1) is 17.6 Å². The first-order valence-corrected chi connectivity index (χ1v) is 6.75. The van der Waals surface area contributed by atoms with Gasteiger partial charge in [0.1, 0.15) is 5.75 Å². The zero-order valence-corrected chi connectivity index (χ0v) is 11.6. The Morgan fingerprint density at radius 1 is 1.33 bits per heavy atom. The summed E-state index contributed by atoms with van der Waals surface area (Å²) >= 11 is 0. The number of para-hydroxylation sites is 1. The van der Waals surface area contributed by atoms with Gasteiger partial charge in [0, 0.05) is 23.7 Å². The molecule has 1 atom stereocenters. The number of ether oxygens (including phenoxy) is 1. The lowest BCUT2D eigenvalue weighted by atomic mass is 10.0. The van der Waals surface area contributed by atoms with Gasteiger partial charge in [-0.15, -0.1) is 0 Å². The first-order chi connectivity index (χ1) is 10.1. The molecule has 2 aromatic rings. The molecule has 0 amide bonds. The first-order valence-electron chi connectivity index (χ1n) is 6.75. The molecular formula is C15H15N3O3. The standard InChI is InChI=1S/C15H15N3O3/c1-10-6-7-13(18(19)20)15(16-10)17-12-8-9-21-14-5-3-2-4-11(12)14/h2-7,12H,8-9H2,1H3,(H,16,17). The van der Waals surface area contributed by atoms with Crippen LogP contribution in [0.5, 0.6) is 5.75 Å². The van der Waals surface area contributed by atoms with Crippen LogP contribution < -0.4 is 10.1 Å². The van der Waals surface area contributed by atoms with Crippen molar-refractivity contribution >= 4 is 11.5 Å². The molecule has 1 unspecified atom stereocenters. The Hall–Kier alpha value is -2.63. The number of nitro groups is 1. The molecule has 0 aliphatic carbocycles. The van der Waals surface area contributed by atoms with Crippen molar-refractivity contribution in [3.8, 4) is 5.75 Å². The van der Waals surface area contributed by atoms with E-state index < -0.39 is 4.92 Å². The molecule has 0 saturated heterocycles. The molecule has 108 valence electrons. The van der Waals surface area contributed by atoms with Gasteiger partial charge in [0.15, 0.2) is 0 Å². The minimum Gasteiger partial charge on any atom is -0.493 e. The van der Waals surface area contributed by atoms with Crippen LogP contribution in [0.15, 0.2) is 36.4 Å². The van der Waals surface area contributed by atoms with E-state index >= 15 is 0 Å². The lowest BCUT2D eigenvalue weighted by Gasteiger charge is -2.26. The van der Waals surface area contributed by atoms with E-state index in [2.05, 4.69) is 10.3 Å². The SMILES string of the molecule is Cc1ccc([N+](=O)[O-])c(NC2CCOc3ccccc32)n1. The van der Waals surface area contributed by atoms with E-state index in [9.17, 15) is 10.1 Å². The molecule has 0 radical (unpaired) electrons. The van der Waals surface area contributed by atoms with Gasteiger partial charge < -0.3 is 10.1 Å². The Labute approximate surface area is 121 Å². The lowest BCUT2D eigenvalue weighted by molar-refractivity contribution is -0.384. The van der Waals surface area contributed by atoms with Gasteiger partial charge in [-0.3, -0.25) is 10.1 Å². The van der Waals surface area contributed by atoms with E-state index in [1.807, 2.05) is 31.2 Å². The average molecular weight is 285 g/mol. The van der Waals surface area contributed by atoms with Crippen molar-refractivity contribution in [3.05, 3.63) is 57.8 Å². The number of anilines is 1. The van der Waals surface area contributed by atoms with Gasteiger partial charge in [-0.25, -0.2) is 4.98 Å². The fraction of sp³-hybridized carbons (Fsp3) is 0.267. The predicted molar refractivity (Wildman–Crippen MR) is 78.5 cm³/mol. The Balaban J connectivity index is 1.95. The van der Waals surface area contributed by atoms with Crippen LogP contribution in [0.3, 0.4) is 0 Å². The summed E-state index contributed by atoms with van der Waals surface area (Å²) in [7, 11) is 0. The molecule has 0 fully saturated rings. The Morgan fingerprint density at radius 2 is 2.14 bits per heavy atom. The van der Waals surface area contributed by atoms with E-state index in [0.717, 1.165) is 23.4 Å². The molecule has 6 nitrogen and oxygen atoms in total. The van der Waals surface area contributed by atoms with Crippen molar-refractivity contribution in [1.82, 2.24) is 4.98 Å². The number of nitrogens with one attached hydrogen (secondary N) is 1. The molecule has 3 rings (SSSR count). The van der Waals surface area contributed by atoms with Crippen molar-refractivity contribution in [2.45, 2.75) is 19.4 Å². The van der Waals surface area contributed by atoms with Gasteiger partial charge in [-0.1, -0.05) is 18.2 Å². The van der Waals surface area contributed by atoms with Crippen molar-refractivity contribution in [2.24, 2.45) is 0 Å². The highest BCUT2D eigenvalue weighted by Crippen LogP contribution is 2.35. The number of hydrogen-bond acceptors (Lipinski definition) is 5. The smallest absolute Gasteiger partial charge is 0.311 e. The van der Waals surface area contributed by atoms with Gasteiger partial charge in [0.25, 0.3) is 0 Å². The second kappa shape index (κ2) is 5.40. The molecule has 1 N–H and O–H groups in total. The lowest BCUT2D eigenvalue weighted by Crippen LogP contribution is -2.21. The van der Waals surface area contributed by atoms with E-state index in [0.29, 0.717) is 12.4 Å². The highest BCUT2D eigenvalue weighted by atomic mass is 16.6. The van der Waals surface area contributed by atoms with Crippen LogP contribution in [-0.4, -0.2) is 16.5 Å². The number of nitrogens with zero attached hydrogens (tertiary/aromatic N) is 2. The second-order valence-electron chi connectivity index (χ2n) is 4.95. The highest BCUT2D eigenvalue weighted by Gasteiger charge is 2.24. The van der Waals surface area contributed by atoms with Crippen LogP contribution in [0.25, 0.3) is 0 Å². The van der Waals surface area contributed by atoms with Crippen molar-refractivity contribution in [2.75, 3.05) is 11.9 Å². The number of hydrogen-bond donors (Lipinski definition) is 1. The van der Waals surface area contributed by atoms with Gasteiger partial charge in [-0.05, 0) is 19.1 Å². The predicted octanol–water partition coefficient (Wildman–Crippen LogP) is 3.23. The molecule has 1 aromatic carbocycles. The molecule has 1 aliphatic rings. The first kappa shape index (κ1) is 13.4. The quantitative estimate of drug-likeness (QED) is 0.692. The van der Waals surface area contributed by atoms with E-state index in [4.69, 9.17) is 4.74 Å². The third-order valence-electron chi connectivity index (χ3n) is 3.48. The van der Waals surface area contributed by atoms with Gasteiger partial charge >= 0.3 is 5.69 Å². The molecule has 1 aromatic heterocycles. The normalized spacial score (nSPS) is 16.7. The van der Waals surface area contributed by atoms with Crippen molar-refractivity contribution in [3.63, 3.8) is 0 Å². The maximum Gasteiger partial charge on any atom is 0.311 e. The van der Waals surface area contributed by atoms with Gasteiger partial charge in [-0.2, -0.15) is 0 Å². The molecule has 0 spiro atoms. The van der Waals surface area contributed by atoms with E-state index in [1.54, 1.807) is 6.07 Å². The number of benzene rings is 1. The van der Waals surface area contributed by atoms with E-state index in [-0.39, 0.29) is 11.7 Å². The maximum atomic E-state index is 11.1. The molecule has 2 heterocycles. The number of pyridine rings is 1. The maximum absolute atomic E-state index is 11.1. The summed E-state index contributed by atoms with van der Waals surface area (Å²) in [5.74, 6) is 1.12. The number of rotatable bonds is 3. The third kappa shape index (κ3) is 2.65. The summed E-state index contributed by atoms with van der Waals surface area (Å²) in [6, 6.07) is 10.8. The summed E-state index contributed by atoms with van der Waals surface area (Å²) < 4.78 is 5.60. The molecule has 6 heteroatoms. The average Bonchev–Trinajstić information content (AvgIpc) is 2.47. The van der Waals surface area contributed by atoms with E-state index in [1.165, 1.54) is 6.07 Å². The molecule has 0 saturated carbocycles. The molecule has 0 bridgehead atoms. The summed E-state index contributed by atoms with van der Waals surface area (Å²) in [6.45, 7) is 2.39. The fourth-order valence-electron chi connectivity index (χ4n) is 2.46. The zero-order valence-electron chi connectivity index (χ0n) is 11.6. The number of aromatic nitrogens is 1. The topological polar surface area (TPSA) is 77.3 Å². The Bertz CT molecular complexity index is 688. The Morgan fingerprint density at radius 3 is 2.95 bits per heavy atom. The van der Waals surface area contributed by atoms with Crippen LogP contribution in [0.1, 0.15) is 23.7 Å². The van der Waals surface area contributed by atoms with Crippen LogP contribution in [0.4, 0.5) is 11.5 Å². The summed E-state index contributed by atoms with van der Waals surface area (Å²) in [5.41, 5.74) is 1.73. The number of aryl methyl sites for hydroxylation is 1. The summed E-state index contributed by atoms with van der Waals surface area (Å²) in [5, 5.41) is 14.3. The molecule has 1 aliphatic heterocycles. The van der Waals surface area contributed by atoms with Crippen LogP contribution in [0, 0.1) is 17.0 Å². The van der Waals surface area contributed by atoms with Crippen LogP contribution in [0.2, 0.25) is 0 Å². The highest BCUT2D eigenvalue weighted by molar-refractivity contribution is 5.58. The minimum atomic E-state index is -0.417. The monoisotopic (exact) mass is 285 g/mol. The van der Waals surface area contributed by atoms with Crippen molar-refractivity contribution < 1.29 is 9.66 Å². The minimum absolute atomic E-state index is 0.00965. The van der Waals surface area contributed by atoms with Gasteiger partial charge in [0.2, 0.25) is 5.82 Å². The zero-order chi connectivity index (χ0) is 14.8. The van der Waals surface area contributed by atoms with Crippen molar-refractivity contribution in [1.29, 1.82) is 0 Å². The largest absolute Gasteiger partial charge is 0.493 e. The number of fused-ring (bicyclic) bond motifs is 1. The molecule has 21 heavy (non-hydrogen) atoms. The fourth-order valence-corrected chi connectivity index (χ4v) is 2.46.